The molecule has 0 amide bonds. The van der Waals surface area contributed by atoms with E-state index in [0.717, 1.165) is 13.1 Å². The van der Waals surface area contributed by atoms with E-state index < -0.39 is 0 Å². The number of nitrogens with one attached hydrogen (secondary N) is 1. The van der Waals surface area contributed by atoms with Gasteiger partial charge in [0.15, 0.2) is 0 Å². The minimum Gasteiger partial charge on any atom is -0.372 e. The van der Waals surface area contributed by atoms with Crippen molar-refractivity contribution in [3.05, 3.63) is 0 Å². The Labute approximate surface area is 120 Å². The zero-order valence-electron chi connectivity index (χ0n) is 14.0. The Morgan fingerprint density at radius 1 is 1.16 bits per heavy atom. The fraction of sp³-hybridized carbons (Fsp3) is 1.00. The van der Waals surface area contributed by atoms with E-state index in [1.54, 1.807) is 0 Å². The van der Waals surface area contributed by atoms with E-state index in [-0.39, 0.29) is 5.54 Å². The Morgan fingerprint density at radius 2 is 1.74 bits per heavy atom. The molecule has 0 spiro atoms. The van der Waals surface area contributed by atoms with E-state index in [9.17, 15) is 0 Å². The smallest absolute Gasteiger partial charge is 0.0707 e. The lowest BCUT2D eigenvalue weighted by atomic mass is 10.0. The summed E-state index contributed by atoms with van der Waals surface area (Å²) in [6.45, 7) is 15.5. The molecule has 0 aromatic rings. The summed E-state index contributed by atoms with van der Waals surface area (Å²) >= 11 is 0. The van der Waals surface area contributed by atoms with Gasteiger partial charge in [0.25, 0.3) is 0 Å². The molecule has 0 saturated carbocycles. The Hall–Kier alpha value is -0.120. The molecule has 1 aliphatic rings. The summed E-state index contributed by atoms with van der Waals surface area (Å²) in [5, 5.41) is 3.54. The molecule has 0 bridgehead atoms. The quantitative estimate of drug-likeness (QED) is 0.803. The van der Waals surface area contributed by atoms with Crippen molar-refractivity contribution < 1.29 is 4.74 Å². The molecule has 3 nitrogen and oxygen atoms in total. The van der Waals surface area contributed by atoms with Crippen LogP contribution in [0, 0.1) is 5.92 Å². The van der Waals surface area contributed by atoms with E-state index >= 15 is 0 Å². The molecule has 1 saturated heterocycles. The molecular formula is C16H34N2O. The van der Waals surface area contributed by atoms with Gasteiger partial charge in [0.05, 0.1) is 12.2 Å². The molecule has 3 heteroatoms. The van der Waals surface area contributed by atoms with E-state index in [1.165, 1.54) is 12.8 Å². The second-order valence-corrected chi connectivity index (χ2v) is 7.51. The van der Waals surface area contributed by atoms with E-state index in [1.807, 2.05) is 0 Å². The molecule has 0 aliphatic carbocycles. The second kappa shape index (κ2) is 7.05. The third kappa shape index (κ3) is 6.24. The van der Waals surface area contributed by atoms with Crippen LogP contribution in [-0.4, -0.2) is 48.8 Å². The minimum atomic E-state index is 0.185. The maximum Gasteiger partial charge on any atom is 0.0707 e. The number of likely N-dealkylation sites (N-methyl/N-ethyl adjacent to an activating group) is 1. The van der Waals surface area contributed by atoms with Gasteiger partial charge in [-0.25, -0.2) is 0 Å². The van der Waals surface area contributed by atoms with Gasteiger partial charge in [0.1, 0.15) is 0 Å². The molecule has 0 aromatic heterocycles. The van der Waals surface area contributed by atoms with Crippen LogP contribution in [0.1, 0.15) is 54.4 Å². The monoisotopic (exact) mass is 270 g/mol. The molecule has 3 atom stereocenters. The number of rotatable bonds is 6. The van der Waals surface area contributed by atoms with Crippen molar-refractivity contribution in [2.24, 2.45) is 5.92 Å². The largest absolute Gasteiger partial charge is 0.372 e. The zero-order valence-corrected chi connectivity index (χ0v) is 14.0. The Balaban J connectivity index is 2.28. The highest BCUT2D eigenvalue weighted by molar-refractivity contribution is 4.81. The maximum atomic E-state index is 6.15. The van der Waals surface area contributed by atoms with Crippen LogP contribution in [-0.2, 0) is 4.74 Å². The van der Waals surface area contributed by atoms with Gasteiger partial charge in [-0.2, -0.15) is 0 Å². The highest BCUT2D eigenvalue weighted by atomic mass is 16.5. The Kier molecular flexibility index (Phi) is 6.28. The number of hydrogen-bond donors (Lipinski definition) is 1. The van der Waals surface area contributed by atoms with Crippen molar-refractivity contribution in [2.75, 3.05) is 20.1 Å². The molecule has 1 N–H and O–H groups in total. The fourth-order valence-corrected chi connectivity index (χ4v) is 2.48. The molecule has 1 fully saturated rings. The number of nitrogens with zero attached hydrogens (tertiary/aromatic N) is 1. The van der Waals surface area contributed by atoms with Gasteiger partial charge in [-0.1, -0.05) is 13.8 Å². The van der Waals surface area contributed by atoms with Crippen molar-refractivity contribution in [3.63, 3.8) is 0 Å². The number of ether oxygens (including phenoxy) is 1. The van der Waals surface area contributed by atoms with Crippen LogP contribution in [0.4, 0.5) is 0 Å². The summed E-state index contributed by atoms with van der Waals surface area (Å²) in [4.78, 5) is 2.44. The van der Waals surface area contributed by atoms with Crippen molar-refractivity contribution in [3.8, 4) is 0 Å². The average Bonchev–Trinajstić information content (AvgIpc) is 2.72. The van der Waals surface area contributed by atoms with Crippen molar-refractivity contribution in [1.29, 1.82) is 0 Å². The van der Waals surface area contributed by atoms with Crippen molar-refractivity contribution in [1.82, 2.24) is 10.2 Å². The summed E-state index contributed by atoms with van der Waals surface area (Å²) in [6.07, 6.45) is 3.20. The SMILES string of the molecule is CC(C)C(C)N(C)CC1CCC(CNC(C)(C)C)O1. The lowest BCUT2D eigenvalue weighted by molar-refractivity contribution is 0.0159. The molecule has 1 aliphatic heterocycles. The molecule has 3 unspecified atom stereocenters. The van der Waals surface area contributed by atoms with Gasteiger partial charge in [-0.15, -0.1) is 0 Å². The topological polar surface area (TPSA) is 24.5 Å². The average molecular weight is 270 g/mol. The fourth-order valence-electron chi connectivity index (χ4n) is 2.48. The molecule has 19 heavy (non-hydrogen) atoms. The lowest BCUT2D eigenvalue weighted by Crippen LogP contribution is -2.42. The number of hydrogen-bond acceptors (Lipinski definition) is 3. The first kappa shape index (κ1) is 16.9. The summed E-state index contributed by atoms with van der Waals surface area (Å²) in [5.41, 5.74) is 0.185. The molecule has 0 radical (unpaired) electrons. The summed E-state index contributed by atoms with van der Waals surface area (Å²) in [5.74, 6) is 0.699. The minimum absolute atomic E-state index is 0.185. The molecule has 0 aromatic carbocycles. The highest BCUT2D eigenvalue weighted by Gasteiger charge is 2.28. The first-order chi connectivity index (χ1) is 8.69. The van der Waals surface area contributed by atoms with Gasteiger partial charge in [-0.05, 0) is 53.5 Å². The van der Waals surface area contributed by atoms with Crippen LogP contribution in [0.2, 0.25) is 0 Å². The van der Waals surface area contributed by atoms with Gasteiger partial charge in [0, 0.05) is 24.7 Å². The standard InChI is InChI=1S/C16H34N2O/c1-12(2)13(3)18(7)11-15-9-8-14(19-15)10-17-16(4,5)6/h12-15,17H,8-11H2,1-7H3. The zero-order chi connectivity index (χ0) is 14.6. The van der Waals surface area contributed by atoms with Crippen molar-refractivity contribution >= 4 is 0 Å². The lowest BCUT2D eigenvalue weighted by Gasteiger charge is -2.30. The van der Waals surface area contributed by atoms with Crippen LogP contribution in [0.5, 0.6) is 0 Å². The van der Waals surface area contributed by atoms with E-state index in [4.69, 9.17) is 4.74 Å². The van der Waals surface area contributed by atoms with E-state index in [0.29, 0.717) is 24.2 Å². The van der Waals surface area contributed by atoms with Gasteiger partial charge < -0.3 is 15.0 Å². The first-order valence-electron chi connectivity index (χ1n) is 7.79. The maximum absolute atomic E-state index is 6.15. The predicted molar refractivity (Wildman–Crippen MR) is 82.6 cm³/mol. The van der Waals surface area contributed by atoms with Crippen LogP contribution in [0.15, 0.2) is 0 Å². The Morgan fingerprint density at radius 3 is 2.26 bits per heavy atom. The van der Waals surface area contributed by atoms with E-state index in [2.05, 4.69) is 58.8 Å². The van der Waals surface area contributed by atoms with Gasteiger partial charge in [0.2, 0.25) is 0 Å². The van der Waals surface area contributed by atoms with Crippen molar-refractivity contribution in [2.45, 2.75) is 78.2 Å². The summed E-state index contributed by atoms with van der Waals surface area (Å²) in [7, 11) is 2.22. The van der Waals surface area contributed by atoms with Crippen LogP contribution >= 0.6 is 0 Å². The summed E-state index contributed by atoms with van der Waals surface area (Å²) < 4.78 is 6.15. The molecule has 114 valence electrons. The normalized spacial score (nSPS) is 26.4. The van der Waals surface area contributed by atoms with Crippen LogP contribution < -0.4 is 5.32 Å². The second-order valence-electron chi connectivity index (χ2n) is 7.51. The highest BCUT2D eigenvalue weighted by Crippen LogP contribution is 2.21. The molecule has 1 heterocycles. The van der Waals surface area contributed by atoms with Gasteiger partial charge in [-0.3, -0.25) is 0 Å². The van der Waals surface area contributed by atoms with Crippen LogP contribution in [0.25, 0.3) is 0 Å². The van der Waals surface area contributed by atoms with Gasteiger partial charge >= 0.3 is 0 Å². The Bertz CT molecular complexity index is 260. The third-order valence-corrected chi connectivity index (χ3v) is 4.21. The third-order valence-electron chi connectivity index (χ3n) is 4.21. The first-order valence-corrected chi connectivity index (χ1v) is 7.79. The molecule has 1 rings (SSSR count). The predicted octanol–water partition coefficient (Wildman–Crippen LogP) is 2.90. The molecular weight excluding hydrogens is 236 g/mol. The van der Waals surface area contributed by atoms with Crippen LogP contribution in [0.3, 0.4) is 0 Å². The summed E-state index contributed by atoms with van der Waals surface area (Å²) in [6, 6.07) is 0.621.